The molecule has 11 heteroatoms. The number of pyridine rings is 2. The minimum atomic E-state index is -0.401. The third-order valence-electron chi connectivity index (χ3n) is 5.56. The summed E-state index contributed by atoms with van der Waals surface area (Å²) in [5, 5.41) is 8.89. The molecule has 3 N–H and O–H groups in total. The van der Waals surface area contributed by atoms with Gasteiger partial charge in [-0.15, -0.1) is 11.3 Å². The lowest BCUT2D eigenvalue weighted by Crippen LogP contribution is -2.36. The Labute approximate surface area is 216 Å². The zero-order valence-corrected chi connectivity index (χ0v) is 20.6. The normalized spacial score (nSPS) is 12.1. The number of amides is 4. The van der Waals surface area contributed by atoms with Gasteiger partial charge in [0.15, 0.2) is 0 Å². The van der Waals surface area contributed by atoms with Crippen molar-refractivity contribution in [1.29, 1.82) is 0 Å². The molecule has 0 saturated carbocycles. The van der Waals surface area contributed by atoms with Gasteiger partial charge in [-0.05, 0) is 55.5 Å². The Balaban J connectivity index is 1.38. The molecule has 4 heterocycles. The largest absolute Gasteiger partial charge is 0.456 e. The lowest BCUT2D eigenvalue weighted by molar-refractivity contribution is -0.116. The Morgan fingerprint density at radius 1 is 1.08 bits per heavy atom. The van der Waals surface area contributed by atoms with E-state index in [4.69, 9.17) is 4.74 Å². The molecule has 3 aromatic heterocycles. The number of hydrogen-bond acceptors (Lipinski definition) is 7. The summed E-state index contributed by atoms with van der Waals surface area (Å²) in [6.45, 7) is 5.76. The Morgan fingerprint density at radius 2 is 1.84 bits per heavy atom. The van der Waals surface area contributed by atoms with Crippen LogP contribution in [0, 0.1) is 6.92 Å². The van der Waals surface area contributed by atoms with E-state index in [1.54, 1.807) is 42.7 Å². The van der Waals surface area contributed by atoms with E-state index in [2.05, 4.69) is 32.5 Å². The van der Waals surface area contributed by atoms with Gasteiger partial charge in [-0.1, -0.05) is 6.58 Å². The molecule has 0 aliphatic carbocycles. The van der Waals surface area contributed by atoms with Gasteiger partial charge >= 0.3 is 6.03 Å². The maximum absolute atomic E-state index is 13.2. The summed E-state index contributed by atoms with van der Waals surface area (Å²) >= 11 is 1.19. The van der Waals surface area contributed by atoms with E-state index in [0.29, 0.717) is 43.7 Å². The van der Waals surface area contributed by atoms with Gasteiger partial charge in [0.25, 0.3) is 5.91 Å². The molecule has 4 amide bonds. The maximum Gasteiger partial charge on any atom is 0.331 e. The summed E-state index contributed by atoms with van der Waals surface area (Å²) in [4.78, 5) is 48.5. The van der Waals surface area contributed by atoms with Crippen molar-refractivity contribution in [3.05, 3.63) is 78.1 Å². The summed E-state index contributed by atoms with van der Waals surface area (Å²) < 4.78 is 5.84. The number of carbonyl (C=O) groups excluding carboxylic acids is 3. The fraction of sp³-hybridized carbons (Fsp3) is 0.115. The summed E-state index contributed by atoms with van der Waals surface area (Å²) in [7, 11) is 0. The Morgan fingerprint density at radius 3 is 2.57 bits per heavy atom. The number of anilines is 3. The topological polar surface area (TPSA) is 126 Å². The van der Waals surface area contributed by atoms with E-state index >= 15 is 0 Å². The first kappa shape index (κ1) is 23.9. The van der Waals surface area contributed by atoms with Crippen molar-refractivity contribution in [2.24, 2.45) is 0 Å². The van der Waals surface area contributed by atoms with Crippen molar-refractivity contribution in [1.82, 2.24) is 20.6 Å². The number of rotatable bonds is 8. The molecule has 4 aromatic rings. The average molecular weight is 515 g/mol. The van der Waals surface area contributed by atoms with Crippen LogP contribution in [0.5, 0.6) is 11.5 Å². The molecule has 0 bridgehead atoms. The van der Waals surface area contributed by atoms with Crippen LogP contribution >= 0.6 is 11.3 Å². The van der Waals surface area contributed by atoms with Crippen LogP contribution in [-0.4, -0.2) is 40.9 Å². The van der Waals surface area contributed by atoms with Crippen LogP contribution in [0.4, 0.5) is 21.9 Å². The van der Waals surface area contributed by atoms with E-state index in [9.17, 15) is 14.4 Å². The van der Waals surface area contributed by atoms with Gasteiger partial charge in [-0.3, -0.25) is 19.5 Å². The number of hydrogen-bond donors (Lipinski definition) is 3. The number of urea groups is 1. The first-order chi connectivity index (χ1) is 17.9. The van der Waals surface area contributed by atoms with E-state index < -0.39 is 6.03 Å². The number of ether oxygens (including phenoxy) is 1. The Bertz CT molecular complexity index is 1510. The summed E-state index contributed by atoms with van der Waals surface area (Å²) in [6.07, 6.45) is 4.42. The quantitative estimate of drug-likeness (QED) is 0.235. The highest BCUT2D eigenvalue weighted by molar-refractivity contribution is 7.21. The second-order valence-corrected chi connectivity index (χ2v) is 9.06. The maximum atomic E-state index is 13.2. The predicted octanol–water partition coefficient (Wildman–Crippen LogP) is 4.51. The number of nitrogens with one attached hydrogen (secondary N) is 3. The minimum Gasteiger partial charge on any atom is -0.456 e. The molecule has 5 rings (SSSR count). The number of aryl methyl sites for hydroxylation is 1. The molecule has 37 heavy (non-hydrogen) atoms. The smallest absolute Gasteiger partial charge is 0.331 e. The summed E-state index contributed by atoms with van der Waals surface area (Å²) in [6, 6.07) is 12.2. The fourth-order valence-corrected chi connectivity index (χ4v) is 4.86. The third-order valence-corrected chi connectivity index (χ3v) is 6.66. The lowest BCUT2D eigenvalue weighted by Gasteiger charge is -2.28. The molecular weight excluding hydrogens is 492 g/mol. The first-order valence-electron chi connectivity index (χ1n) is 11.4. The number of carbonyl (C=O) groups is 3. The molecule has 0 saturated heterocycles. The van der Waals surface area contributed by atoms with Crippen molar-refractivity contribution in [2.75, 3.05) is 23.3 Å². The Hall–Kier alpha value is -4.77. The minimum absolute atomic E-state index is 0.222. The van der Waals surface area contributed by atoms with Gasteiger partial charge in [0.05, 0.1) is 28.6 Å². The zero-order chi connectivity index (χ0) is 25.9. The van der Waals surface area contributed by atoms with Gasteiger partial charge in [0.1, 0.15) is 21.2 Å². The highest BCUT2D eigenvalue weighted by Gasteiger charge is 2.32. The molecule has 1 aliphatic heterocycles. The highest BCUT2D eigenvalue weighted by atomic mass is 32.1. The van der Waals surface area contributed by atoms with E-state index in [1.165, 1.54) is 16.2 Å². The Kier molecular flexibility index (Phi) is 6.52. The molecule has 10 nitrogen and oxygen atoms in total. The molecule has 1 aromatic carbocycles. The van der Waals surface area contributed by atoms with Crippen molar-refractivity contribution in [2.45, 2.75) is 6.92 Å². The van der Waals surface area contributed by atoms with Crippen LogP contribution < -0.4 is 25.6 Å². The number of benzene rings is 1. The van der Waals surface area contributed by atoms with Crippen molar-refractivity contribution >= 4 is 56.5 Å². The summed E-state index contributed by atoms with van der Waals surface area (Å²) in [5.41, 5.74) is 2.56. The second kappa shape index (κ2) is 10.1. The number of nitrogens with zero attached hydrogens (tertiary/aromatic N) is 3. The number of thiophene rings is 1. The fourth-order valence-electron chi connectivity index (χ4n) is 3.83. The van der Waals surface area contributed by atoms with Crippen molar-refractivity contribution in [3.8, 4) is 11.5 Å². The van der Waals surface area contributed by atoms with Gasteiger partial charge in [-0.25, -0.2) is 9.78 Å². The molecule has 0 radical (unpaired) electrons. The SMILES string of the molecule is C=CC(=O)NCCNC(=O)c1sc2nccc3c2c1NC(=O)N3c1ccc(Oc2ccc(C)nc2)cc1. The van der Waals surface area contributed by atoms with Gasteiger partial charge in [0, 0.05) is 25.0 Å². The van der Waals surface area contributed by atoms with E-state index in [0.717, 1.165) is 11.8 Å². The molecular formula is C26H22N6O4S. The van der Waals surface area contributed by atoms with E-state index in [-0.39, 0.29) is 24.9 Å². The zero-order valence-electron chi connectivity index (χ0n) is 19.8. The van der Waals surface area contributed by atoms with Crippen LogP contribution in [0.2, 0.25) is 0 Å². The molecule has 0 fully saturated rings. The monoisotopic (exact) mass is 514 g/mol. The van der Waals surface area contributed by atoms with Crippen LogP contribution in [0.15, 0.2) is 67.5 Å². The standard InChI is InChI=1S/C26H22N6O4S/c1-3-20(33)27-12-13-28-24(34)23-22-21-19(10-11-29-25(21)37-23)32(26(35)31-22)16-5-8-17(9-6-16)36-18-7-4-15(2)30-14-18/h3-11,14H,1,12-13H2,2H3,(H,27,33)(H,28,34)(H,31,35). The van der Waals surface area contributed by atoms with Gasteiger partial charge in [0.2, 0.25) is 5.91 Å². The molecule has 0 atom stereocenters. The van der Waals surface area contributed by atoms with Crippen molar-refractivity contribution < 1.29 is 19.1 Å². The third kappa shape index (κ3) is 4.84. The molecule has 0 spiro atoms. The van der Waals surface area contributed by atoms with Crippen LogP contribution in [0.25, 0.3) is 10.2 Å². The molecule has 0 unspecified atom stereocenters. The van der Waals surface area contributed by atoms with Crippen LogP contribution in [-0.2, 0) is 4.79 Å². The lowest BCUT2D eigenvalue weighted by atomic mass is 10.1. The van der Waals surface area contributed by atoms with Gasteiger partial charge in [-0.2, -0.15) is 0 Å². The van der Waals surface area contributed by atoms with Crippen molar-refractivity contribution in [3.63, 3.8) is 0 Å². The first-order valence-corrected chi connectivity index (χ1v) is 12.2. The van der Waals surface area contributed by atoms with Crippen LogP contribution in [0.1, 0.15) is 15.4 Å². The molecule has 186 valence electrons. The summed E-state index contributed by atoms with van der Waals surface area (Å²) in [5.74, 6) is 0.532. The highest BCUT2D eigenvalue weighted by Crippen LogP contribution is 2.45. The second-order valence-electron chi connectivity index (χ2n) is 8.06. The van der Waals surface area contributed by atoms with Gasteiger partial charge < -0.3 is 20.7 Å². The van der Waals surface area contributed by atoms with Crippen LogP contribution in [0.3, 0.4) is 0 Å². The average Bonchev–Trinajstić information content (AvgIpc) is 3.28. The molecule has 1 aliphatic rings. The number of aromatic nitrogens is 2. The predicted molar refractivity (Wildman–Crippen MR) is 142 cm³/mol. The van der Waals surface area contributed by atoms with E-state index in [1.807, 2.05) is 19.1 Å².